The van der Waals surface area contributed by atoms with Crippen LogP contribution in [0.2, 0.25) is 0 Å². The van der Waals surface area contributed by atoms with E-state index in [-0.39, 0.29) is 17.8 Å². The number of benzene rings is 1. The summed E-state index contributed by atoms with van der Waals surface area (Å²) in [5, 5.41) is 0. The number of hydrazine groups is 1. The molecular formula is C11H16FN3O. The number of hydrogen-bond donors (Lipinski definition) is 2. The highest BCUT2D eigenvalue weighted by molar-refractivity contribution is 5.84. The number of likely N-dealkylation sites (N-methyl/N-ethyl adjacent to an activating group) is 1. The van der Waals surface area contributed by atoms with Crippen molar-refractivity contribution in [2.75, 3.05) is 11.4 Å². The van der Waals surface area contributed by atoms with Gasteiger partial charge in [-0.25, -0.2) is 10.2 Å². The van der Waals surface area contributed by atoms with Gasteiger partial charge < -0.3 is 4.90 Å². The van der Waals surface area contributed by atoms with Crippen molar-refractivity contribution in [2.24, 2.45) is 5.84 Å². The first-order valence-electron chi connectivity index (χ1n) is 5.12. The van der Waals surface area contributed by atoms with E-state index in [2.05, 4.69) is 5.43 Å². The third-order valence-corrected chi connectivity index (χ3v) is 2.49. The van der Waals surface area contributed by atoms with E-state index >= 15 is 0 Å². The molecule has 1 amide bonds. The molecule has 88 valence electrons. The van der Waals surface area contributed by atoms with Crippen molar-refractivity contribution < 1.29 is 9.18 Å². The second-order valence-corrected chi connectivity index (χ2v) is 3.45. The van der Waals surface area contributed by atoms with Crippen LogP contribution < -0.4 is 16.2 Å². The first-order chi connectivity index (χ1) is 7.60. The lowest BCUT2D eigenvalue weighted by Crippen LogP contribution is -2.47. The quantitative estimate of drug-likeness (QED) is 0.457. The van der Waals surface area contributed by atoms with Gasteiger partial charge in [0.2, 0.25) is 0 Å². The van der Waals surface area contributed by atoms with E-state index in [1.54, 1.807) is 19.1 Å². The zero-order valence-electron chi connectivity index (χ0n) is 9.40. The summed E-state index contributed by atoms with van der Waals surface area (Å²) in [7, 11) is 0. The molecule has 5 heteroatoms. The fourth-order valence-electron chi connectivity index (χ4n) is 1.57. The average Bonchev–Trinajstić information content (AvgIpc) is 2.31. The fourth-order valence-corrected chi connectivity index (χ4v) is 1.57. The van der Waals surface area contributed by atoms with Gasteiger partial charge in [0.1, 0.15) is 11.9 Å². The van der Waals surface area contributed by atoms with Crippen molar-refractivity contribution >= 4 is 11.6 Å². The van der Waals surface area contributed by atoms with Crippen LogP contribution in [-0.2, 0) is 4.79 Å². The third kappa shape index (κ3) is 2.70. The van der Waals surface area contributed by atoms with Crippen molar-refractivity contribution in [2.45, 2.75) is 19.9 Å². The molecule has 0 fully saturated rings. The maximum Gasteiger partial charge on any atom is 0.256 e. The Morgan fingerprint density at radius 1 is 1.50 bits per heavy atom. The summed E-state index contributed by atoms with van der Waals surface area (Å²) in [4.78, 5) is 13.2. The Kier molecular flexibility index (Phi) is 4.25. The fraction of sp³-hybridized carbons (Fsp3) is 0.364. The largest absolute Gasteiger partial charge is 0.360 e. The average molecular weight is 225 g/mol. The van der Waals surface area contributed by atoms with E-state index in [0.717, 1.165) is 5.69 Å². The highest BCUT2D eigenvalue weighted by atomic mass is 19.1. The minimum Gasteiger partial charge on any atom is -0.360 e. The van der Waals surface area contributed by atoms with E-state index in [1.807, 2.05) is 11.8 Å². The second-order valence-electron chi connectivity index (χ2n) is 3.45. The van der Waals surface area contributed by atoms with Gasteiger partial charge in [-0.3, -0.25) is 10.2 Å². The molecule has 0 spiro atoms. The SMILES string of the molecule is CCN(c1ccc(F)cc1)C(C)C(=O)NN. The number of nitrogens with zero attached hydrogens (tertiary/aromatic N) is 1. The third-order valence-electron chi connectivity index (χ3n) is 2.49. The molecular weight excluding hydrogens is 209 g/mol. The predicted molar refractivity (Wildman–Crippen MR) is 61.2 cm³/mol. The standard InChI is InChI=1S/C11H16FN3O/c1-3-15(8(2)11(16)14-13)10-6-4-9(12)5-7-10/h4-8H,3,13H2,1-2H3,(H,14,16). The summed E-state index contributed by atoms with van der Waals surface area (Å²) < 4.78 is 12.8. The summed E-state index contributed by atoms with van der Waals surface area (Å²) in [6, 6.07) is 5.62. The van der Waals surface area contributed by atoms with Gasteiger partial charge in [-0.15, -0.1) is 0 Å². The van der Waals surface area contributed by atoms with Gasteiger partial charge in [-0.1, -0.05) is 0 Å². The first-order valence-corrected chi connectivity index (χ1v) is 5.12. The minimum absolute atomic E-state index is 0.272. The highest BCUT2D eigenvalue weighted by Gasteiger charge is 2.19. The lowest BCUT2D eigenvalue weighted by atomic mass is 10.2. The van der Waals surface area contributed by atoms with Crippen molar-refractivity contribution in [3.63, 3.8) is 0 Å². The van der Waals surface area contributed by atoms with Crippen LogP contribution in [0.3, 0.4) is 0 Å². The smallest absolute Gasteiger partial charge is 0.256 e. The minimum atomic E-state index is -0.388. The topological polar surface area (TPSA) is 58.4 Å². The monoisotopic (exact) mass is 225 g/mol. The molecule has 1 aromatic carbocycles. The van der Waals surface area contributed by atoms with E-state index in [1.165, 1.54) is 12.1 Å². The number of carbonyl (C=O) groups is 1. The van der Waals surface area contributed by atoms with Gasteiger partial charge in [0, 0.05) is 12.2 Å². The van der Waals surface area contributed by atoms with Crippen molar-refractivity contribution in [1.82, 2.24) is 5.43 Å². The molecule has 0 aliphatic rings. The molecule has 4 nitrogen and oxygen atoms in total. The summed E-state index contributed by atoms with van der Waals surface area (Å²) in [6.45, 7) is 4.30. The number of hydrogen-bond acceptors (Lipinski definition) is 3. The molecule has 1 atom stereocenters. The number of anilines is 1. The molecule has 0 heterocycles. The Morgan fingerprint density at radius 3 is 2.50 bits per heavy atom. The molecule has 0 aliphatic heterocycles. The summed E-state index contributed by atoms with van der Waals surface area (Å²) in [6.07, 6.45) is 0. The van der Waals surface area contributed by atoms with Crippen molar-refractivity contribution in [3.8, 4) is 0 Å². The van der Waals surface area contributed by atoms with Crippen LogP contribution in [0.4, 0.5) is 10.1 Å². The maximum absolute atomic E-state index is 12.8. The Morgan fingerprint density at radius 2 is 2.06 bits per heavy atom. The van der Waals surface area contributed by atoms with E-state index in [0.29, 0.717) is 6.54 Å². The Bertz CT molecular complexity index is 353. The Balaban J connectivity index is 2.89. The molecule has 3 N–H and O–H groups in total. The summed E-state index contributed by atoms with van der Waals surface area (Å²) in [5.41, 5.74) is 2.90. The Labute approximate surface area is 94.2 Å². The Hall–Kier alpha value is -1.62. The number of halogens is 1. The zero-order chi connectivity index (χ0) is 12.1. The van der Waals surface area contributed by atoms with Crippen molar-refractivity contribution in [3.05, 3.63) is 30.1 Å². The zero-order valence-corrected chi connectivity index (χ0v) is 9.40. The number of nitrogens with one attached hydrogen (secondary N) is 1. The molecule has 1 aromatic rings. The molecule has 1 rings (SSSR count). The normalized spacial score (nSPS) is 12.0. The number of carbonyl (C=O) groups excluding carboxylic acids is 1. The lowest BCUT2D eigenvalue weighted by Gasteiger charge is -2.28. The van der Waals surface area contributed by atoms with Gasteiger partial charge >= 0.3 is 0 Å². The van der Waals surface area contributed by atoms with Gasteiger partial charge in [-0.05, 0) is 38.1 Å². The van der Waals surface area contributed by atoms with Gasteiger partial charge in [0.15, 0.2) is 0 Å². The summed E-state index contributed by atoms with van der Waals surface area (Å²) >= 11 is 0. The van der Waals surface area contributed by atoms with E-state index in [9.17, 15) is 9.18 Å². The predicted octanol–water partition coefficient (Wildman–Crippen LogP) is 1.03. The molecule has 1 unspecified atom stereocenters. The molecule has 0 saturated heterocycles. The van der Waals surface area contributed by atoms with Gasteiger partial charge in [-0.2, -0.15) is 0 Å². The number of rotatable bonds is 4. The van der Waals surface area contributed by atoms with Crippen LogP contribution in [0.5, 0.6) is 0 Å². The number of nitrogens with two attached hydrogens (primary N) is 1. The molecule has 0 radical (unpaired) electrons. The van der Waals surface area contributed by atoms with Crippen molar-refractivity contribution in [1.29, 1.82) is 0 Å². The maximum atomic E-state index is 12.8. The molecule has 0 saturated carbocycles. The van der Waals surface area contributed by atoms with Gasteiger partial charge in [0.05, 0.1) is 0 Å². The molecule has 16 heavy (non-hydrogen) atoms. The van der Waals surface area contributed by atoms with Crippen LogP contribution >= 0.6 is 0 Å². The van der Waals surface area contributed by atoms with Gasteiger partial charge in [0.25, 0.3) is 5.91 Å². The van der Waals surface area contributed by atoms with Crippen LogP contribution in [0.1, 0.15) is 13.8 Å². The number of amides is 1. The summed E-state index contributed by atoms with van der Waals surface area (Å²) in [5.74, 6) is 4.51. The van der Waals surface area contributed by atoms with Crippen LogP contribution in [0.25, 0.3) is 0 Å². The lowest BCUT2D eigenvalue weighted by molar-refractivity contribution is -0.122. The van der Waals surface area contributed by atoms with E-state index < -0.39 is 0 Å². The molecule has 0 aromatic heterocycles. The van der Waals surface area contributed by atoms with E-state index in [4.69, 9.17) is 5.84 Å². The van der Waals surface area contributed by atoms with Crippen LogP contribution in [0, 0.1) is 5.82 Å². The highest BCUT2D eigenvalue weighted by Crippen LogP contribution is 2.17. The van der Waals surface area contributed by atoms with Crippen LogP contribution in [0.15, 0.2) is 24.3 Å². The second kappa shape index (κ2) is 5.46. The van der Waals surface area contributed by atoms with Crippen LogP contribution in [-0.4, -0.2) is 18.5 Å². The first kappa shape index (κ1) is 12.4. The molecule has 0 bridgehead atoms. The molecule has 0 aliphatic carbocycles.